The SMILES string of the molecule is CC(=O)Nc1ccc(NC(=O)COc2ccc(Br)cc2Cl)cc1Cl. The maximum Gasteiger partial charge on any atom is 0.262 e. The van der Waals surface area contributed by atoms with Gasteiger partial charge in [0.1, 0.15) is 5.75 Å². The van der Waals surface area contributed by atoms with Crippen LogP contribution in [0.25, 0.3) is 0 Å². The summed E-state index contributed by atoms with van der Waals surface area (Å²) in [6.45, 7) is 1.18. The van der Waals surface area contributed by atoms with Gasteiger partial charge in [-0.1, -0.05) is 39.1 Å². The Labute approximate surface area is 157 Å². The number of nitrogens with one attached hydrogen (secondary N) is 2. The van der Waals surface area contributed by atoms with Crippen LogP contribution in [-0.2, 0) is 9.59 Å². The molecule has 24 heavy (non-hydrogen) atoms. The predicted molar refractivity (Wildman–Crippen MR) is 99.0 cm³/mol. The number of carbonyl (C=O) groups excluding carboxylic acids is 2. The molecular formula is C16H13BrCl2N2O3. The van der Waals surface area contributed by atoms with Gasteiger partial charge in [0.15, 0.2) is 6.61 Å². The third-order valence-corrected chi connectivity index (χ3v) is 3.92. The van der Waals surface area contributed by atoms with Gasteiger partial charge in [0.25, 0.3) is 5.91 Å². The minimum atomic E-state index is -0.364. The number of benzene rings is 2. The zero-order valence-electron chi connectivity index (χ0n) is 12.5. The zero-order chi connectivity index (χ0) is 17.7. The van der Waals surface area contributed by atoms with Crippen LogP contribution in [0.5, 0.6) is 5.75 Å². The highest BCUT2D eigenvalue weighted by atomic mass is 79.9. The molecule has 126 valence electrons. The van der Waals surface area contributed by atoms with E-state index in [2.05, 4.69) is 26.6 Å². The number of halogens is 3. The molecule has 0 saturated carbocycles. The Bertz CT molecular complexity index is 784. The number of ether oxygens (including phenoxy) is 1. The molecule has 5 nitrogen and oxygen atoms in total. The first-order chi connectivity index (χ1) is 11.3. The van der Waals surface area contributed by atoms with Gasteiger partial charge >= 0.3 is 0 Å². The van der Waals surface area contributed by atoms with Crippen molar-refractivity contribution in [3.05, 3.63) is 50.9 Å². The van der Waals surface area contributed by atoms with E-state index in [9.17, 15) is 9.59 Å². The second kappa shape index (κ2) is 8.37. The largest absolute Gasteiger partial charge is 0.482 e. The van der Waals surface area contributed by atoms with E-state index < -0.39 is 0 Å². The van der Waals surface area contributed by atoms with Gasteiger partial charge in [-0.15, -0.1) is 0 Å². The summed E-state index contributed by atoms with van der Waals surface area (Å²) in [4.78, 5) is 23.0. The zero-order valence-corrected chi connectivity index (χ0v) is 15.6. The molecule has 0 heterocycles. The molecule has 0 aliphatic heterocycles. The Morgan fingerprint density at radius 2 is 1.83 bits per heavy atom. The lowest BCUT2D eigenvalue weighted by Crippen LogP contribution is -2.20. The molecule has 0 aromatic heterocycles. The molecule has 0 fully saturated rings. The van der Waals surface area contributed by atoms with E-state index in [1.54, 1.807) is 30.3 Å². The quantitative estimate of drug-likeness (QED) is 0.718. The fourth-order valence-corrected chi connectivity index (χ4v) is 2.77. The van der Waals surface area contributed by atoms with Crippen LogP contribution in [0.15, 0.2) is 40.9 Å². The third-order valence-electron chi connectivity index (χ3n) is 2.82. The summed E-state index contributed by atoms with van der Waals surface area (Å²) in [5.74, 6) is -0.181. The summed E-state index contributed by atoms with van der Waals surface area (Å²) in [6.07, 6.45) is 0. The van der Waals surface area contributed by atoms with Crippen molar-refractivity contribution >= 4 is 62.3 Å². The van der Waals surface area contributed by atoms with Gasteiger partial charge in [0.05, 0.1) is 15.7 Å². The molecule has 2 aromatic carbocycles. The number of rotatable bonds is 5. The molecule has 0 spiro atoms. The highest BCUT2D eigenvalue weighted by Crippen LogP contribution is 2.28. The second-order valence-corrected chi connectivity index (χ2v) is 6.52. The van der Waals surface area contributed by atoms with Crippen LogP contribution in [0.4, 0.5) is 11.4 Å². The molecule has 0 bridgehead atoms. The van der Waals surface area contributed by atoms with Gasteiger partial charge in [-0.05, 0) is 36.4 Å². The summed E-state index contributed by atoms with van der Waals surface area (Å²) in [6, 6.07) is 9.87. The van der Waals surface area contributed by atoms with Crippen LogP contribution in [0, 0.1) is 0 Å². The topological polar surface area (TPSA) is 67.4 Å². The van der Waals surface area contributed by atoms with Gasteiger partial charge in [-0.3, -0.25) is 9.59 Å². The molecule has 2 rings (SSSR count). The maximum atomic E-state index is 11.9. The van der Waals surface area contributed by atoms with Crippen LogP contribution < -0.4 is 15.4 Å². The average Bonchev–Trinajstić information content (AvgIpc) is 2.49. The van der Waals surface area contributed by atoms with Crippen molar-refractivity contribution in [2.45, 2.75) is 6.92 Å². The van der Waals surface area contributed by atoms with E-state index in [1.807, 2.05) is 0 Å². The molecule has 2 aromatic rings. The summed E-state index contributed by atoms with van der Waals surface area (Å²) >= 11 is 15.4. The van der Waals surface area contributed by atoms with E-state index in [1.165, 1.54) is 13.0 Å². The van der Waals surface area contributed by atoms with Crippen molar-refractivity contribution < 1.29 is 14.3 Å². The van der Waals surface area contributed by atoms with E-state index in [4.69, 9.17) is 27.9 Å². The molecule has 0 aliphatic rings. The fraction of sp³-hybridized carbons (Fsp3) is 0.125. The Morgan fingerprint density at radius 1 is 1.08 bits per heavy atom. The van der Waals surface area contributed by atoms with E-state index in [0.717, 1.165) is 4.47 Å². The summed E-state index contributed by atoms with van der Waals surface area (Å²) in [5, 5.41) is 5.96. The number of amides is 2. The van der Waals surface area contributed by atoms with Crippen LogP contribution in [0.1, 0.15) is 6.92 Å². The summed E-state index contributed by atoms with van der Waals surface area (Å²) in [5.41, 5.74) is 0.963. The first-order valence-corrected chi connectivity index (χ1v) is 8.35. The molecular weight excluding hydrogens is 419 g/mol. The van der Waals surface area contributed by atoms with Crippen LogP contribution in [0.2, 0.25) is 10.0 Å². The van der Waals surface area contributed by atoms with Crippen molar-refractivity contribution in [3.8, 4) is 5.75 Å². The smallest absolute Gasteiger partial charge is 0.262 e. The van der Waals surface area contributed by atoms with Gasteiger partial charge in [0, 0.05) is 17.1 Å². The molecule has 2 N–H and O–H groups in total. The van der Waals surface area contributed by atoms with Crippen molar-refractivity contribution in [2.24, 2.45) is 0 Å². The van der Waals surface area contributed by atoms with E-state index >= 15 is 0 Å². The van der Waals surface area contributed by atoms with Crippen molar-refractivity contribution in [2.75, 3.05) is 17.2 Å². The first-order valence-electron chi connectivity index (χ1n) is 6.80. The van der Waals surface area contributed by atoms with Crippen LogP contribution >= 0.6 is 39.1 Å². The molecule has 8 heteroatoms. The predicted octanol–water partition coefficient (Wildman–Crippen LogP) is 4.73. The van der Waals surface area contributed by atoms with Crippen molar-refractivity contribution in [3.63, 3.8) is 0 Å². The Hall–Kier alpha value is -1.76. The lowest BCUT2D eigenvalue weighted by atomic mass is 10.2. The van der Waals surface area contributed by atoms with E-state index in [0.29, 0.717) is 27.2 Å². The van der Waals surface area contributed by atoms with Gasteiger partial charge in [-0.25, -0.2) is 0 Å². The molecule has 2 amide bonds. The Balaban J connectivity index is 1.94. The standard InChI is InChI=1S/C16H13BrCl2N2O3/c1-9(22)20-14-4-3-11(7-12(14)18)21-16(23)8-24-15-5-2-10(17)6-13(15)19/h2-7H,8H2,1H3,(H,20,22)(H,21,23). The molecule has 0 atom stereocenters. The minimum Gasteiger partial charge on any atom is -0.482 e. The van der Waals surface area contributed by atoms with E-state index in [-0.39, 0.29) is 18.4 Å². The number of carbonyl (C=O) groups is 2. The lowest BCUT2D eigenvalue weighted by Gasteiger charge is -2.10. The normalized spacial score (nSPS) is 10.2. The summed E-state index contributed by atoms with van der Waals surface area (Å²) in [7, 11) is 0. The van der Waals surface area contributed by atoms with Crippen molar-refractivity contribution in [1.82, 2.24) is 0 Å². The fourth-order valence-electron chi connectivity index (χ4n) is 1.82. The average molecular weight is 432 g/mol. The number of hydrogen-bond donors (Lipinski definition) is 2. The lowest BCUT2D eigenvalue weighted by molar-refractivity contribution is -0.118. The molecule has 0 saturated heterocycles. The third kappa shape index (κ3) is 5.40. The summed E-state index contributed by atoms with van der Waals surface area (Å²) < 4.78 is 6.20. The molecule has 0 aliphatic carbocycles. The van der Waals surface area contributed by atoms with Gasteiger partial charge < -0.3 is 15.4 Å². The first kappa shape index (κ1) is 18.6. The minimum absolute atomic E-state index is 0.202. The van der Waals surface area contributed by atoms with Crippen LogP contribution in [0.3, 0.4) is 0 Å². The molecule has 0 radical (unpaired) electrons. The highest BCUT2D eigenvalue weighted by molar-refractivity contribution is 9.10. The number of hydrogen-bond acceptors (Lipinski definition) is 3. The van der Waals surface area contributed by atoms with Crippen molar-refractivity contribution in [1.29, 1.82) is 0 Å². The monoisotopic (exact) mass is 430 g/mol. The number of anilines is 2. The van der Waals surface area contributed by atoms with Crippen LogP contribution in [-0.4, -0.2) is 18.4 Å². The second-order valence-electron chi connectivity index (χ2n) is 4.79. The maximum absolute atomic E-state index is 11.9. The Kier molecular flexibility index (Phi) is 6.48. The molecule has 0 unspecified atom stereocenters. The van der Waals surface area contributed by atoms with Gasteiger partial charge in [0.2, 0.25) is 5.91 Å². The van der Waals surface area contributed by atoms with Gasteiger partial charge in [-0.2, -0.15) is 0 Å². The Morgan fingerprint density at radius 3 is 2.46 bits per heavy atom. The highest BCUT2D eigenvalue weighted by Gasteiger charge is 2.09.